The van der Waals surface area contributed by atoms with Gasteiger partial charge in [0, 0.05) is 35.7 Å². The van der Waals surface area contributed by atoms with Gasteiger partial charge in [-0.2, -0.15) is 0 Å². The van der Waals surface area contributed by atoms with Crippen LogP contribution < -0.4 is 10.6 Å². The van der Waals surface area contributed by atoms with Gasteiger partial charge in [-0.3, -0.25) is 0 Å². The number of nitrogens with one attached hydrogen (secondary N) is 2. The standard InChI is InChI=1S/C13H14N4S/c18-10-3-1-9(2-4-10)17-13-11-7-14-6-5-12(11)15-8-16-13/h1-4,8,14,18H,5-7H2,(H,15,16,17). The fourth-order valence-electron chi connectivity index (χ4n) is 2.06. The average Bonchev–Trinajstić information content (AvgIpc) is 2.42. The second-order valence-electron chi connectivity index (χ2n) is 4.25. The Kier molecular flexibility index (Phi) is 3.17. The van der Waals surface area contributed by atoms with Crippen LogP contribution in [0.25, 0.3) is 0 Å². The first kappa shape index (κ1) is 11.5. The summed E-state index contributed by atoms with van der Waals surface area (Å²) in [7, 11) is 0. The van der Waals surface area contributed by atoms with Gasteiger partial charge in [0.15, 0.2) is 0 Å². The minimum atomic E-state index is 0.823. The highest BCUT2D eigenvalue weighted by Crippen LogP contribution is 2.23. The SMILES string of the molecule is Sc1ccc(Nc2ncnc3c2CNCC3)cc1. The third kappa shape index (κ3) is 2.32. The van der Waals surface area contributed by atoms with Crippen molar-refractivity contribution in [3.63, 3.8) is 0 Å². The first-order valence-electron chi connectivity index (χ1n) is 5.92. The van der Waals surface area contributed by atoms with E-state index in [-0.39, 0.29) is 0 Å². The zero-order chi connectivity index (χ0) is 12.4. The molecule has 18 heavy (non-hydrogen) atoms. The minimum Gasteiger partial charge on any atom is -0.340 e. The quantitative estimate of drug-likeness (QED) is 0.723. The van der Waals surface area contributed by atoms with E-state index in [1.165, 1.54) is 5.56 Å². The lowest BCUT2D eigenvalue weighted by Gasteiger charge is -2.19. The Morgan fingerprint density at radius 3 is 2.83 bits per heavy atom. The minimum absolute atomic E-state index is 0.823. The van der Waals surface area contributed by atoms with Crippen molar-refractivity contribution in [1.82, 2.24) is 15.3 Å². The van der Waals surface area contributed by atoms with Crippen LogP contribution >= 0.6 is 12.6 Å². The van der Waals surface area contributed by atoms with Crippen molar-refractivity contribution in [3.8, 4) is 0 Å². The van der Waals surface area contributed by atoms with Crippen molar-refractivity contribution in [3.05, 3.63) is 41.9 Å². The summed E-state index contributed by atoms with van der Waals surface area (Å²) in [6.45, 7) is 1.81. The molecule has 0 spiro atoms. The predicted molar refractivity (Wildman–Crippen MR) is 74.4 cm³/mol. The van der Waals surface area contributed by atoms with Crippen molar-refractivity contribution >= 4 is 24.1 Å². The van der Waals surface area contributed by atoms with E-state index in [9.17, 15) is 0 Å². The summed E-state index contributed by atoms with van der Waals surface area (Å²) in [5.74, 6) is 0.888. The number of benzene rings is 1. The fraction of sp³-hybridized carbons (Fsp3) is 0.231. The van der Waals surface area contributed by atoms with Crippen LogP contribution in [0.5, 0.6) is 0 Å². The van der Waals surface area contributed by atoms with Gasteiger partial charge in [0.2, 0.25) is 0 Å². The van der Waals surface area contributed by atoms with Crippen LogP contribution in [-0.4, -0.2) is 16.5 Å². The lowest BCUT2D eigenvalue weighted by molar-refractivity contribution is 0.628. The summed E-state index contributed by atoms with van der Waals surface area (Å²) in [6.07, 6.45) is 2.58. The van der Waals surface area contributed by atoms with Gasteiger partial charge >= 0.3 is 0 Å². The number of nitrogens with zero attached hydrogens (tertiary/aromatic N) is 2. The Labute approximate surface area is 111 Å². The van der Waals surface area contributed by atoms with Gasteiger partial charge in [0.25, 0.3) is 0 Å². The molecule has 0 unspecified atom stereocenters. The molecule has 0 saturated carbocycles. The fourth-order valence-corrected chi connectivity index (χ4v) is 2.21. The number of hydrogen-bond donors (Lipinski definition) is 3. The second-order valence-corrected chi connectivity index (χ2v) is 4.76. The Bertz CT molecular complexity index is 553. The summed E-state index contributed by atoms with van der Waals surface area (Å²) in [4.78, 5) is 9.61. The van der Waals surface area contributed by atoms with Gasteiger partial charge in [-0.15, -0.1) is 12.6 Å². The van der Waals surface area contributed by atoms with Gasteiger partial charge in [-0.1, -0.05) is 0 Å². The molecule has 1 aliphatic heterocycles. The van der Waals surface area contributed by atoms with Crippen molar-refractivity contribution in [2.75, 3.05) is 11.9 Å². The molecule has 5 heteroatoms. The van der Waals surface area contributed by atoms with E-state index in [1.54, 1.807) is 6.33 Å². The van der Waals surface area contributed by atoms with Crippen LogP contribution in [0.15, 0.2) is 35.5 Å². The van der Waals surface area contributed by atoms with E-state index in [4.69, 9.17) is 0 Å². The maximum atomic E-state index is 4.33. The molecule has 2 aromatic rings. The Balaban J connectivity index is 1.90. The van der Waals surface area contributed by atoms with Gasteiger partial charge in [0.05, 0.1) is 5.69 Å². The molecule has 1 aromatic carbocycles. The maximum absolute atomic E-state index is 4.33. The number of aromatic nitrogens is 2. The molecule has 0 aliphatic carbocycles. The Morgan fingerprint density at radius 1 is 1.17 bits per heavy atom. The summed E-state index contributed by atoms with van der Waals surface area (Å²) < 4.78 is 0. The molecule has 92 valence electrons. The third-order valence-corrected chi connectivity index (χ3v) is 3.30. The topological polar surface area (TPSA) is 49.8 Å². The van der Waals surface area contributed by atoms with Gasteiger partial charge < -0.3 is 10.6 Å². The van der Waals surface area contributed by atoms with Crippen LogP contribution in [-0.2, 0) is 13.0 Å². The Hall–Kier alpha value is -1.59. The van der Waals surface area contributed by atoms with Crippen LogP contribution in [0.2, 0.25) is 0 Å². The lowest BCUT2D eigenvalue weighted by atomic mass is 10.1. The molecule has 3 rings (SSSR count). The molecule has 1 aromatic heterocycles. The van der Waals surface area contributed by atoms with Crippen LogP contribution in [0.3, 0.4) is 0 Å². The van der Waals surface area contributed by atoms with Crippen LogP contribution in [0.4, 0.5) is 11.5 Å². The van der Waals surface area contributed by atoms with Gasteiger partial charge in [-0.25, -0.2) is 9.97 Å². The third-order valence-electron chi connectivity index (χ3n) is 3.01. The zero-order valence-electron chi connectivity index (χ0n) is 9.85. The van der Waals surface area contributed by atoms with E-state index in [0.29, 0.717) is 0 Å². The van der Waals surface area contributed by atoms with Crippen molar-refractivity contribution in [2.45, 2.75) is 17.9 Å². The zero-order valence-corrected chi connectivity index (χ0v) is 10.7. The molecular weight excluding hydrogens is 244 g/mol. The first-order chi connectivity index (χ1) is 8.83. The van der Waals surface area contributed by atoms with E-state index >= 15 is 0 Å². The molecule has 0 bridgehead atoms. The number of thiol groups is 1. The molecule has 2 heterocycles. The average molecular weight is 258 g/mol. The highest BCUT2D eigenvalue weighted by molar-refractivity contribution is 7.80. The maximum Gasteiger partial charge on any atom is 0.138 e. The van der Waals surface area contributed by atoms with Gasteiger partial charge in [-0.05, 0) is 24.3 Å². The normalized spacial score (nSPS) is 14.1. The van der Waals surface area contributed by atoms with Crippen LogP contribution in [0, 0.1) is 0 Å². The summed E-state index contributed by atoms with van der Waals surface area (Å²) in [5, 5.41) is 6.68. The number of rotatable bonds is 2. The smallest absolute Gasteiger partial charge is 0.138 e. The molecular formula is C13H14N4S. The Morgan fingerprint density at radius 2 is 2.00 bits per heavy atom. The summed E-state index contributed by atoms with van der Waals surface area (Å²) >= 11 is 4.27. The largest absolute Gasteiger partial charge is 0.340 e. The van der Waals surface area contributed by atoms with Crippen molar-refractivity contribution < 1.29 is 0 Å². The molecule has 0 fully saturated rings. The molecule has 0 amide bonds. The molecule has 0 atom stereocenters. The molecule has 4 nitrogen and oxygen atoms in total. The van der Waals surface area contributed by atoms with Gasteiger partial charge in [0.1, 0.15) is 12.1 Å². The van der Waals surface area contributed by atoms with Crippen molar-refractivity contribution in [2.24, 2.45) is 0 Å². The summed E-state index contributed by atoms with van der Waals surface area (Å²) in [6, 6.07) is 7.90. The van der Waals surface area contributed by atoms with E-state index in [2.05, 4.69) is 33.2 Å². The van der Waals surface area contributed by atoms with E-state index in [0.717, 1.165) is 41.6 Å². The number of anilines is 2. The summed E-state index contributed by atoms with van der Waals surface area (Å²) in [5.41, 5.74) is 3.31. The van der Waals surface area contributed by atoms with E-state index in [1.807, 2.05) is 24.3 Å². The predicted octanol–water partition coefficient (Wildman–Crippen LogP) is 2.15. The molecule has 0 saturated heterocycles. The van der Waals surface area contributed by atoms with Crippen molar-refractivity contribution in [1.29, 1.82) is 0 Å². The number of fused-ring (bicyclic) bond motifs is 1. The highest BCUT2D eigenvalue weighted by Gasteiger charge is 2.14. The monoisotopic (exact) mass is 258 g/mol. The molecule has 0 radical (unpaired) electrons. The van der Waals surface area contributed by atoms with Crippen LogP contribution in [0.1, 0.15) is 11.3 Å². The molecule has 2 N–H and O–H groups in total. The lowest BCUT2D eigenvalue weighted by Crippen LogP contribution is -2.25. The second kappa shape index (κ2) is 4.96. The highest BCUT2D eigenvalue weighted by atomic mass is 32.1. The molecule has 1 aliphatic rings. The van der Waals surface area contributed by atoms with E-state index < -0.39 is 0 Å². The number of hydrogen-bond acceptors (Lipinski definition) is 5. The first-order valence-corrected chi connectivity index (χ1v) is 6.37.